The van der Waals surface area contributed by atoms with E-state index >= 15 is 0 Å². The van der Waals surface area contributed by atoms with Crippen LogP contribution in [0, 0.1) is 0 Å². The van der Waals surface area contributed by atoms with Crippen LogP contribution < -0.4 is 10.1 Å². The van der Waals surface area contributed by atoms with Gasteiger partial charge in [0.2, 0.25) is 5.91 Å². The van der Waals surface area contributed by atoms with Gasteiger partial charge in [0.15, 0.2) is 0 Å². The number of anilines is 1. The van der Waals surface area contributed by atoms with Crippen LogP contribution in [-0.2, 0) is 16.8 Å². The molecule has 6 heteroatoms. The molecule has 0 radical (unpaired) electrons. The van der Waals surface area contributed by atoms with Gasteiger partial charge in [-0.05, 0) is 24.3 Å². The van der Waals surface area contributed by atoms with E-state index in [1.807, 2.05) is 12.1 Å². The smallest absolute Gasteiger partial charge is 0.221 e. The second-order valence-electron chi connectivity index (χ2n) is 5.97. The first-order valence-electron chi connectivity index (χ1n) is 6.92. The van der Waals surface area contributed by atoms with Gasteiger partial charge in [-0.3, -0.25) is 4.79 Å². The summed E-state index contributed by atoms with van der Waals surface area (Å²) < 4.78 is 6.42. The zero-order valence-electron chi connectivity index (χ0n) is 13.1. The standard InChI is InChI=1S/C16H19ClN2O2S/c1-10(20)18-11-5-7-12(8-6-11)21-9-13-19-14(15(17)22-13)16(2,3)4/h5-8H,9H2,1-4H3,(H,18,20). The van der Waals surface area contributed by atoms with Crippen molar-refractivity contribution in [2.45, 2.75) is 39.7 Å². The van der Waals surface area contributed by atoms with Crippen LogP contribution in [0.5, 0.6) is 5.75 Å². The quantitative estimate of drug-likeness (QED) is 0.884. The number of benzene rings is 1. The Labute approximate surface area is 139 Å². The summed E-state index contributed by atoms with van der Waals surface area (Å²) in [5.74, 6) is 0.624. The summed E-state index contributed by atoms with van der Waals surface area (Å²) in [6.07, 6.45) is 0. The van der Waals surface area contributed by atoms with Gasteiger partial charge in [-0.25, -0.2) is 4.98 Å². The number of nitrogens with one attached hydrogen (secondary N) is 1. The fourth-order valence-electron chi connectivity index (χ4n) is 1.85. The van der Waals surface area contributed by atoms with Crippen LogP contribution in [0.25, 0.3) is 0 Å². The Kier molecular flexibility index (Phi) is 5.08. The molecule has 1 aromatic heterocycles. The molecule has 1 heterocycles. The number of ether oxygens (including phenoxy) is 1. The number of halogens is 1. The van der Waals surface area contributed by atoms with E-state index in [2.05, 4.69) is 31.1 Å². The van der Waals surface area contributed by atoms with Gasteiger partial charge in [0.05, 0.1) is 5.69 Å². The Morgan fingerprint density at radius 1 is 1.32 bits per heavy atom. The number of aromatic nitrogens is 1. The van der Waals surface area contributed by atoms with E-state index in [4.69, 9.17) is 16.3 Å². The molecule has 0 fully saturated rings. The van der Waals surface area contributed by atoms with Crippen LogP contribution in [0.15, 0.2) is 24.3 Å². The number of carbonyl (C=O) groups is 1. The van der Waals surface area contributed by atoms with Crippen molar-refractivity contribution in [3.63, 3.8) is 0 Å². The molecule has 1 aromatic carbocycles. The highest BCUT2D eigenvalue weighted by Crippen LogP contribution is 2.33. The largest absolute Gasteiger partial charge is 0.486 e. The van der Waals surface area contributed by atoms with E-state index in [1.54, 1.807) is 12.1 Å². The van der Waals surface area contributed by atoms with E-state index < -0.39 is 0 Å². The molecule has 0 spiro atoms. The van der Waals surface area contributed by atoms with Crippen molar-refractivity contribution in [1.82, 2.24) is 4.98 Å². The zero-order chi connectivity index (χ0) is 16.3. The summed E-state index contributed by atoms with van der Waals surface area (Å²) in [4.78, 5) is 15.5. The normalized spacial score (nSPS) is 11.3. The molecule has 0 aliphatic rings. The van der Waals surface area contributed by atoms with Crippen LogP contribution in [0.1, 0.15) is 38.4 Å². The fraction of sp³-hybridized carbons (Fsp3) is 0.375. The summed E-state index contributed by atoms with van der Waals surface area (Å²) >= 11 is 7.69. The van der Waals surface area contributed by atoms with E-state index in [-0.39, 0.29) is 11.3 Å². The summed E-state index contributed by atoms with van der Waals surface area (Å²) in [6, 6.07) is 7.22. The van der Waals surface area contributed by atoms with Gasteiger partial charge in [-0.2, -0.15) is 0 Å². The average Bonchev–Trinajstić information content (AvgIpc) is 2.78. The molecule has 22 heavy (non-hydrogen) atoms. The number of thiazole rings is 1. The minimum Gasteiger partial charge on any atom is -0.486 e. The third-order valence-electron chi connectivity index (χ3n) is 2.88. The van der Waals surface area contributed by atoms with Gasteiger partial charge in [-0.15, -0.1) is 11.3 Å². The fourth-order valence-corrected chi connectivity index (χ4v) is 3.35. The molecule has 0 aliphatic heterocycles. The molecule has 2 rings (SSSR count). The topological polar surface area (TPSA) is 51.2 Å². The Morgan fingerprint density at radius 2 is 1.95 bits per heavy atom. The molecule has 0 bridgehead atoms. The number of hydrogen-bond acceptors (Lipinski definition) is 4. The zero-order valence-corrected chi connectivity index (χ0v) is 14.6. The first-order chi connectivity index (χ1) is 10.3. The Bertz CT molecular complexity index is 660. The Hall–Kier alpha value is -1.59. The lowest BCUT2D eigenvalue weighted by atomic mass is 9.93. The van der Waals surface area contributed by atoms with Crippen molar-refractivity contribution >= 4 is 34.5 Å². The summed E-state index contributed by atoms with van der Waals surface area (Å²) in [7, 11) is 0. The summed E-state index contributed by atoms with van der Waals surface area (Å²) in [5.41, 5.74) is 1.57. The van der Waals surface area contributed by atoms with E-state index in [0.29, 0.717) is 10.9 Å². The van der Waals surface area contributed by atoms with Crippen LogP contribution in [0.4, 0.5) is 5.69 Å². The highest BCUT2D eigenvalue weighted by molar-refractivity contribution is 7.16. The number of nitrogens with zero attached hydrogens (tertiary/aromatic N) is 1. The van der Waals surface area contributed by atoms with Crippen LogP contribution >= 0.6 is 22.9 Å². The Morgan fingerprint density at radius 3 is 2.45 bits per heavy atom. The van der Waals surface area contributed by atoms with Crippen molar-refractivity contribution in [2.75, 3.05) is 5.32 Å². The highest BCUT2D eigenvalue weighted by Gasteiger charge is 2.22. The van der Waals surface area contributed by atoms with E-state index in [1.165, 1.54) is 18.3 Å². The average molecular weight is 339 g/mol. The molecule has 0 saturated carbocycles. The maximum absolute atomic E-state index is 11.0. The summed E-state index contributed by atoms with van der Waals surface area (Å²) in [5, 5.41) is 3.56. The van der Waals surface area contributed by atoms with Gasteiger partial charge in [-0.1, -0.05) is 32.4 Å². The van der Waals surface area contributed by atoms with Crippen LogP contribution in [-0.4, -0.2) is 10.9 Å². The molecular formula is C16H19ClN2O2S. The molecule has 1 N–H and O–H groups in total. The number of hydrogen-bond donors (Lipinski definition) is 1. The maximum Gasteiger partial charge on any atom is 0.221 e. The third kappa shape index (κ3) is 4.45. The van der Waals surface area contributed by atoms with E-state index in [0.717, 1.165) is 22.1 Å². The molecule has 0 saturated heterocycles. The predicted octanol–water partition coefficient (Wildman–Crippen LogP) is 4.63. The van der Waals surface area contributed by atoms with Crippen molar-refractivity contribution in [2.24, 2.45) is 0 Å². The molecule has 2 aromatic rings. The second kappa shape index (κ2) is 6.67. The Balaban J connectivity index is 2.00. The number of rotatable bonds is 4. The molecule has 118 valence electrons. The first kappa shape index (κ1) is 16.8. The van der Waals surface area contributed by atoms with Gasteiger partial charge in [0.25, 0.3) is 0 Å². The van der Waals surface area contributed by atoms with Gasteiger partial charge in [0, 0.05) is 18.0 Å². The predicted molar refractivity (Wildman–Crippen MR) is 90.9 cm³/mol. The minimum absolute atomic E-state index is 0.0775. The minimum atomic E-state index is -0.0965. The van der Waals surface area contributed by atoms with Crippen molar-refractivity contribution in [3.8, 4) is 5.75 Å². The lowest BCUT2D eigenvalue weighted by Gasteiger charge is -2.15. The molecule has 0 unspecified atom stereocenters. The van der Waals surface area contributed by atoms with Crippen LogP contribution in [0.2, 0.25) is 4.34 Å². The summed E-state index contributed by atoms with van der Waals surface area (Å²) in [6.45, 7) is 8.10. The van der Waals surface area contributed by atoms with Crippen molar-refractivity contribution < 1.29 is 9.53 Å². The monoisotopic (exact) mass is 338 g/mol. The second-order valence-corrected chi connectivity index (χ2v) is 7.66. The lowest BCUT2D eigenvalue weighted by molar-refractivity contribution is -0.114. The van der Waals surface area contributed by atoms with Gasteiger partial charge >= 0.3 is 0 Å². The molecule has 0 atom stereocenters. The van der Waals surface area contributed by atoms with E-state index in [9.17, 15) is 4.79 Å². The van der Waals surface area contributed by atoms with Crippen molar-refractivity contribution in [1.29, 1.82) is 0 Å². The number of carbonyl (C=O) groups excluding carboxylic acids is 1. The maximum atomic E-state index is 11.0. The number of amides is 1. The molecule has 0 aliphatic carbocycles. The molecule has 1 amide bonds. The highest BCUT2D eigenvalue weighted by atomic mass is 35.5. The third-order valence-corrected chi connectivity index (χ3v) is 4.11. The van der Waals surface area contributed by atoms with Gasteiger partial charge in [0.1, 0.15) is 21.7 Å². The van der Waals surface area contributed by atoms with Crippen LogP contribution in [0.3, 0.4) is 0 Å². The first-order valence-corrected chi connectivity index (χ1v) is 8.11. The van der Waals surface area contributed by atoms with Crippen molar-refractivity contribution in [3.05, 3.63) is 39.3 Å². The lowest BCUT2D eigenvalue weighted by Crippen LogP contribution is -2.12. The molecular weight excluding hydrogens is 320 g/mol. The SMILES string of the molecule is CC(=O)Nc1ccc(OCc2nc(C(C)(C)C)c(Cl)s2)cc1. The van der Waals surface area contributed by atoms with Gasteiger partial charge < -0.3 is 10.1 Å². The molecule has 4 nitrogen and oxygen atoms in total.